The van der Waals surface area contributed by atoms with E-state index in [1.54, 1.807) is 6.26 Å². The second-order valence-electron chi connectivity index (χ2n) is 4.84. The van der Waals surface area contributed by atoms with Gasteiger partial charge in [0.1, 0.15) is 12.4 Å². The van der Waals surface area contributed by atoms with Gasteiger partial charge in [-0.1, -0.05) is 12.8 Å². The first-order valence-electron chi connectivity index (χ1n) is 6.76. The van der Waals surface area contributed by atoms with Crippen molar-refractivity contribution in [3.8, 4) is 0 Å². The molecule has 0 saturated heterocycles. The quantitative estimate of drug-likeness (QED) is 0.706. The topological polar surface area (TPSA) is 34.4 Å². The molecule has 3 nitrogen and oxygen atoms in total. The largest absolute Gasteiger partial charge is 0.467 e. The van der Waals surface area contributed by atoms with E-state index in [4.69, 9.17) is 9.15 Å². The predicted octanol–water partition coefficient (Wildman–Crippen LogP) is 2.97. The van der Waals surface area contributed by atoms with Crippen LogP contribution in [0.2, 0.25) is 0 Å². The SMILES string of the molecule is c1coc(COCCCNCC2CCCC2)c1. The second-order valence-corrected chi connectivity index (χ2v) is 4.84. The number of furan rings is 1. The molecule has 1 aromatic rings. The van der Waals surface area contributed by atoms with Gasteiger partial charge in [0.15, 0.2) is 0 Å². The van der Waals surface area contributed by atoms with Gasteiger partial charge in [-0.15, -0.1) is 0 Å². The van der Waals surface area contributed by atoms with Gasteiger partial charge in [-0.2, -0.15) is 0 Å². The molecule has 1 aliphatic rings. The molecular formula is C14H23NO2. The van der Waals surface area contributed by atoms with E-state index in [0.29, 0.717) is 6.61 Å². The van der Waals surface area contributed by atoms with Gasteiger partial charge in [-0.05, 0) is 50.4 Å². The lowest BCUT2D eigenvalue weighted by Gasteiger charge is -2.10. The molecule has 0 amide bonds. The van der Waals surface area contributed by atoms with Crippen LogP contribution >= 0.6 is 0 Å². The summed E-state index contributed by atoms with van der Waals surface area (Å²) >= 11 is 0. The van der Waals surface area contributed by atoms with Gasteiger partial charge < -0.3 is 14.5 Å². The summed E-state index contributed by atoms with van der Waals surface area (Å²) in [4.78, 5) is 0. The summed E-state index contributed by atoms with van der Waals surface area (Å²) in [5.41, 5.74) is 0. The highest BCUT2D eigenvalue weighted by Crippen LogP contribution is 2.23. The first kappa shape index (κ1) is 12.7. The van der Waals surface area contributed by atoms with Crippen LogP contribution in [0, 0.1) is 5.92 Å². The fraction of sp³-hybridized carbons (Fsp3) is 0.714. The van der Waals surface area contributed by atoms with Crippen LogP contribution in [0.15, 0.2) is 22.8 Å². The van der Waals surface area contributed by atoms with Gasteiger partial charge in [-0.3, -0.25) is 0 Å². The Morgan fingerprint density at radius 1 is 1.35 bits per heavy atom. The van der Waals surface area contributed by atoms with E-state index in [2.05, 4.69) is 5.32 Å². The molecule has 1 aliphatic carbocycles. The molecule has 0 atom stereocenters. The Morgan fingerprint density at radius 3 is 3.00 bits per heavy atom. The van der Waals surface area contributed by atoms with Crippen molar-refractivity contribution in [2.24, 2.45) is 5.92 Å². The molecule has 0 aliphatic heterocycles. The van der Waals surface area contributed by atoms with Crippen molar-refractivity contribution < 1.29 is 9.15 Å². The van der Waals surface area contributed by atoms with Crippen LogP contribution in [0.4, 0.5) is 0 Å². The maximum Gasteiger partial charge on any atom is 0.129 e. The van der Waals surface area contributed by atoms with E-state index in [9.17, 15) is 0 Å². The summed E-state index contributed by atoms with van der Waals surface area (Å²) in [7, 11) is 0. The number of hydrogen-bond donors (Lipinski definition) is 1. The van der Waals surface area contributed by atoms with Crippen molar-refractivity contribution in [3.05, 3.63) is 24.2 Å². The average Bonchev–Trinajstić information content (AvgIpc) is 3.00. The molecule has 0 bridgehead atoms. The summed E-state index contributed by atoms with van der Waals surface area (Å²) in [6.07, 6.45) is 8.45. The van der Waals surface area contributed by atoms with Gasteiger partial charge in [-0.25, -0.2) is 0 Å². The average molecular weight is 237 g/mol. The highest BCUT2D eigenvalue weighted by Gasteiger charge is 2.13. The fourth-order valence-electron chi connectivity index (χ4n) is 2.39. The molecule has 1 N–H and O–H groups in total. The Balaban J connectivity index is 1.39. The standard InChI is InChI=1S/C14H23NO2/c1-2-6-13(5-1)11-15-8-4-9-16-12-14-7-3-10-17-14/h3,7,10,13,15H,1-2,4-6,8-9,11-12H2. The zero-order valence-corrected chi connectivity index (χ0v) is 10.5. The maximum absolute atomic E-state index is 5.52. The van der Waals surface area contributed by atoms with Crippen LogP contribution < -0.4 is 5.32 Å². The van der Waals surface area contributed by atoms with E-state index >= 15 is 0 Å². The molecule has 1 heterocycles. The zero-order valence-electron chi connectivity index (χ0n) is 10.5. The van der Waals surface area contributed by atoms with Crippen LogP contribution in [0.1, 0.15) is 37.9 Å². The van der Waals surface area contributed by atoms with E-state index in [1.165, 1.54) is 32.2 Å². The maximum atomic E-state index is 5.52. The molecule has 2 rings (SSSR count). The van der Waals surface area contributed by atoms with Crippen LogP contribution in [0.25, 0.3) is 0 Å². The third kappa shape index (κ3) is 4.92. The van der Waals surface area contributed by atoms with Gasteiger partial charge in [0.25, 0.3) is 0 Å². The van der Waals surface area contributed by atoms with Gasteiger partial charge in [0.2, 0.25) is 0 Å². The Bertz CT molecular complexity index is 278. The van der Waals surface area contributed by atoms with Crippen molar-refractivity contribution >= 4 is 0 Å². The molecule has 1 saturated carbocycles. The number of rotatable bonds is 8. The molecule has 0 aromatic carbocycles. The number of nitrogens with one attached hydrogen (secondary N) is 1. The minimum absolute atomic E-state index is 0.593. The summed E-state index contributed by atoms with van der Waals surface area (Å²) in [5, 5.41) is 3.52. The molecular weight excluding hydrogens is 214 g/mol. The van der Waals surface area contributed by atoms with Crippen molar-refractivity contribution in [1.29, 1.82) is 0 Å². The minimum Gasteiger partial charge on any atom is -0.467 e. The third-order valence-corrected chi connectivity index (χ3v) is 3.37. The normalized spacial score (nSPS) is 16.7. The van der Waals surface area contributed by atoms with Crippen LogP contribution in [-0.4, -0.2) is 19.7 Å². The van der Waals surface area contributed by atoms with Crippen LogP contribution in [0.3, 0.4) is 0 Å². The first-order valence-corrected chi connectivity index (χ1v) is 6.76. The Morgan fingerprint density at radius 2 is 2.24 bits per heavy atom. The highest BCUT2D eigenvalue weighted by atomic mass is 16.5. The monoisotopic (exact) mass is 237 g/mol. The Kier molecular flexibility index (Phi) is 5.59. The molecule has 3 heteroatoms. The first-order chi connectivity index (χ1) is 8.45. The molecule has 0 radical (unpaired) electrons. The smallest absolute Gasteiger partial charge is 0.129 e. The van der Waals surface area contributed by atoms with E-state index in [1.807, 2.05) is 12.1 Å². The molecule has 0 spiro atoms. The lowest BCUT2D eigenvalue weighted by Crippen LogP contribution is -2.23. The van der Waals surface area contributed by atoms with E-state index in [-0.39, 0.29) is 0 Å². The van der Waals surface area contributed by atoms with Crippen LogP contribution in [0.5, 0.6) is 0 Å². The molecule has 1 fully saturated rings. The van der Waals surface area contributed by atoms with Gasteiger partial charge >= 0.3 is 0 Å². The van der Waals surface area contributed by atoms with Crippen molar-refractivity contribution in [1.82, 2.24) is 5.32 Å². The molecule has 17 heavy (non-hydrogen) atoms. The zero-order chi connectivity index (χ0) is 11.8. The predicted molar refractivity (Wildman–Crippen MR) is 67.8 cm³/mol. The Labute approximate surface area is 104 Å². The van der Waals surface area contributed by atoms with E-state index < -0.39 is 0 Å². The summed E-state index contributed by atoms with van der Waals surface area (Å²) in [6.45, 7) is 3.65. The third-order valence-electron chi connectivity index (χ3n) is 3.37. The van der Waals surface area contributed by atoms with Crippen molar-refractivity contribution in [2.75, 3.05) is 19.7 Å². The van der Waals surface area contributed by atoms with Crippen molar-refractivity contribution in [2.45, 2.75) is 38.7 Å². The second kappa shape index (κ2) is 7.51. The molecule has 96 valence electrons. The summed E-state index contributed by atoms with van der Waals surface area (Å²) in [6, 6.07) is 3.83. The Hall–Kier alpha value is -0.800. The van der Waals surface area contributed by atoms with E-state index in [0.717, 1.165) is 31.3 Å². The minimum atomic E-state index is 0.593. The van der Waals surface area contributed by atoms with Crippen molar-refractivity contribution in [3.63, 3.8) is 0 Å². The summed E-state index contributed by atoms with van der Waals surface area (Å²) in [5.74, 6) is 1.84. The molecule has 1 aromatic heterocycles. The van der Waals surface area contributed by atoms with Gasteiger partial charge in [0.05, 0.1) is 6.26 Å². The lowest BCUT2D eigenvalue weighted by atomic mass is 10.1. The van der Waals surface area contributed by atoms with Crippen LogP contribution in [-0.2, 0) is 11.3 Å². The molecule has 0 unspecified atom stereocenters. The highest BCUT2D eigenvalue weighted by molar-refractivity contribution is 4.95. The number of ether oxygens (including phenoxy) is 1. The van der Waals surface area contributed by atoms with Gasteiger partial charge in [0, 0.05) is 6.61 Å². The lowest BCUT2D eigenvalue weighted by molar-refractivity contribution is 0.104. The fourth-order valence-corrected chi connectivity index (χ4v) is 2.39. The summed E-state index contributed by atoms with van der Waals surface area (Å²) < 4.78 is 10.7. The number of hydrogen-bond acceptors (Lipinski definition) is 3.